The zero-order valence-electron chi connectivity index (χ0n) is 12.3. The van der Waals surface area contributed by atoms with Gasteiger partial charge >= 0.3 is 0 Å². The molecule has 1 aliphatic heterocycles. The van der Waals surface area contributed by atoms with Crippen LogP contribution >= 0.6 is 11.6 Å². The predicted molar refractivity (Wildman–Crippen MR) is 81.1 cm³/mol. The smallest absolute Gasteiger partial charge is 0.245 e. The first-order valence-electron chi connectivity index (χ1n) is 6.83. The maximum absolute atomic E-state index is 12.5. The van der Waals surface area contributed by atoms with Crippen molar-refractivity contribution in [2.75, 3.05) is 4.90 Å². The largest absolute Gasteiger partial charge is 0.305 e. The van der Waals surface area contributed by atoms with E-state index in [1.165, 1.54) is 5.56 Å². The number of anilines is 1. The fraction of sp³-hybridized carbons (Fsp3) is 0.562. The number of para-hydroxylation sites is 1. The molecule has 0 aromatic heterocycles. The lowest BCUT2D eigenvalue weighted by molar-refractivity contribution is -0.119. The topological polar surface area (TPSA) is 20.3 Å². The first kappa shape index (κ1) is 14.4. The van der Waals surface area contributed by atoms with E-state index in [0.29, 0.717) is 5.92 Å². The van der Waals surface area contributed by atoms with Crippen molar-refractivity contribution < 1.29 is 4.79 Å². The van der Waals surface area contributed by atoms with Gasteiger partial charge in [0.2, 0.25) is 5.91 Å². The van der Waals surface area contributed by atoms with Crippen LogP contribution in [0.25, 0.3) is 0 Å². The molecule has 1 aromatic rings. The molecule has 0 saturated carbocycles. The summed E-state index contributed by atoms with van der Waals surface area (Å²) in [6.07, 6.45) is 0.957. The number of fused-ring (bicyclic) bond motifs is 1. The first-order chi connectivity index (χ1) is 8.75. The number of halogens is 1. The molecule has 0 fully saturated rings. The van der Waals surface area contributed by atoms with Crippen LogP contribution in [0.3, 0.4) is 0 Å². The van der Waals surface area contributed by atoms with Gasteiger partial charge in [-0.25, -0.2) is 0 Å². The molecule has 2 rings (SSSR count). The Morgan fingerprint density at radius 2 is 2.11 bits per heavy atom. The number of amides is 1. The van der Waals surface area contributed by atoms with Gasteiger partial charge in [-0.15, -0.1) is 11.6 Å². The second-order valence-electron chi connectivity index (χ2n) is 6.22. The summed E-state index contributed by atoms with van der Waals surface area (Å²) < 4.78 is 0. The Morgan fingerprint density at radius 1 is 1.47 bits per heavy atom. The third kappa shape index (κ3) is 2.38. The van der Waals surface area contributed by atoms with Crippen LogP contribution in [-0.4, -0.2) is 16.8 Å². The molecule has 19 heavy (non-hydrogen) atoms. The van der Waals surface area contributed by atoms with Crippen molar-refractivity contribution in [2.45, 2.75) is 57.9 Å². The minimum Gasteiger partial charge on any atom is -0.305 e. The van der Waals surface area contributed by atoms with Gasteiger partial charge in [0, 0.05) is 5.54 Å². The molecule has 1 heterocycles. The lowest BCUT2D eigenvalue weighted by atomic mass is 9.79. The molecule has 0 unspecified atom stereocenters. The number of aryl methyl sites for hydroxylation is 1. The molecule has 0 aliphatic carbocycles. The number of hydrogen-bond donors (Lipinski definition) is 0. The van der Waals surface area contributed by atoms with Crippen LogP contribution in [0, 0.1) is 6.92 Å². The molecule has 1 amide bonds. The van der Waals surface area contributed by atoms with Crippen molar-refractivity contribution in [3.05, 3.63) is 29.3 Å². The Labute approximate surface area is 120 Å². The molecule has 3 heteroatoms. The maximum Gasteiger partial charge on any atom is 0.245 e. The van der Waals surface area contributed by atoms with E-state index in [0.717, 1.165) is 17.7 Å². The van der Waals surface area contributed by atoms with Crippen molar-refractivity contribution in [3.8, 4) is 0 Å². The molecule has 1 aliphatic rings. The zero-order valence-corrected chi connectivity index (χ0v) is 13.1. The van der Waals surface area contributed by atoms with Crippen LogP contribution < -0.4 is 4.90 Å². The maximum atomic E-state index is 12.5. The SMILES string of the molecule is Cc1cccc2c1N(C(=O)[C@@H](C)Cl)C(C)(C)C[C@H]2C. The zero-order chi connectivity index (χ0) is 14.4. The Kier molecular flexibility index (Phi) is 3.65. The van der Waals surface area contributed by atoms with E-state index in [4.69, 9.17) is 11.6 Å². The monoisotopic (exact) mass is 279 g/mol. The summed E-state index contributed by atoms with van der Waals surface area (Å²) in [5, 5.41) is -0.500. The van der Waals surface area contributed by atoms with Gasteiger partial charge in [0.25, 0.3) is 0 Å². The van der Waals surface area contributed by atoms with Gasteiger partial charge in [0.1, 0.15) is 5.38 Å². The van der Waals surface area contributed by atoms with Crippen LogP contribution in [0.4, 0.5) is 5.69 Å². The Hall–Kier alpha value is -1.02. The summed E-state index contributed by atoms with van der Waals surface area (Å²) in [4.78, 5) is 14.4. The molecule has 2 atom stereocenters. The fourth-order valence-corrected chi connectivity index (χ4v) is 3.32. The van der Waals surface area contributed by atoms with Gasteiger partial charge < -0.3 is 4.90 Å². The Bertz CT molecular complexity index is 507. The van der Waals surface area contributed by atoms with E-state index < -0.39 is 5.38 Å². The lowest BCUT2D eigenvalue weighted by Crippen LogP contribution is -2.54. The molecular weight excluding hydrogens is 258 g/mol. The number of rotatable bonds is 1. The number of benzene rings is 1. The Morgan fingerprint density at radius 3 is 2.68 bits per heavy atom. The second kappa shape index (κ2) is 4.82. The van der Waals surface area contributed by atoms with Crippen molar-refractivity contribution in [2.24, 2.45) is 0 Å². The van der Waals surface area contributed by atoms with Gasteiger partial charge in [-0.1, -0.05) is 25.1 Å². The highest BCUT2D eigenvalue weighted by atomic mass is 35.5. The summed E-state index contributed by atoms with van der Waals surface area (Å²) >= 11 is 6.05. The first-order valence-corrected chi connectivity index (χ1v) is 7.27. The minimum absolute atomic E-state index is 0.00545. The molecule has 1 aromatic carbocycles. The lowest BCUT2D eigenvalue weighted by Gasteiger charge is -2.47. The highest BCUT2D eigenvalue weighted by Gasteiger charge is 2.41. The van der Waals surface area contributed by atoms with Gasteiger partial charge in [-0.3, -0.25) is 4.79 Å². The highest BCUT2D eigenvalue weighted by Crippen LogP contribution is 2.45. The number of hydrogen-bond acceptors (Lipinski definition) is 1. The Balaban J connectivity index is 2.64. The second-order valence-corrected chi connectivity index (χ2v) is 6.87. The quantitative estimate of drug-likeness (QED) is 0.704. The fourth-order valence-electron chi connectivity index (χ4n) is 3.22. The van der Waals surface area contributed by atoms with Crippen LogP contribution in [-0.2, 0) is 4.79 Å². The van der Waals surface area contributed by atoms with Crippen LogP contribution in [0.1, 0.15) is 51.2 Å². The van der Waals surface area contributed by atoms with Gasteiger partial charge in [0.05, 0.1) is 5.69 Å². The summed E-state index contributed by atoms with van der Waals surface area (Å²) in [5.41, 5.74) is 3.26. The number of alkyl halides is 1. The molecular formula is C16H22ClNO. The summed E-state index contributed by atoms with van der Waals surface area (Å²) in [6, 6.07) is 6.25. The molecule has 0 spiro atoms. The van der Waals surface area contributed by atoms with Crippen molar-refractivity contribution in [1.29, 1.82) is 0 Å². The average molecular weight is 280 g/mol. The van der Waals surface area contributed by atoms with E-state index >= 15 is 0 Å². The number of carbonyl (C=O) groups excluding carboxylic acids is 1. The van der Waals surface area contributed by atoms with Crippen LogP contribution in [0.15, 0.2) is 18.2 Å². The van der Waals surface area contributed by atoms with E-state index in [1.54, 1.807) is 6.92 Å². The standard InChI is InChI=1S/C16H22ClNO/c1-10-7-6-8-13-11(2)9-16(4,5)18(14(10)13)15(19)12(3)17/h6-8,11-12H,9H2,1-5H3/t11-,12-/m1/s1. The van der Waals surface area contributed by atoms with Crippen molar-refractivity contribution in [1.82, 2.24) is 0 Å². The van der Waals surface area contributed by atoms with Crippen LogP contribution in [0.5, 0.6) is 0 Å². The van der Waals surface area contributed by atoms with E-state index in [1.807, 2.05) is 4.90 Å². The molecule has 0 bridgehead atoms. The normalized spacial score (nSPS) is 22.8. The van der Waals surface area contributed by atoms with Crippen molar-refractivity contribution >= 4 is 23.2 Å². The molecule has 2 nitrogen and oxygen atoms in total. The number of nitrogens with zero attached hydrogens (tertiary/aromatic N) is 1. The van der Waals surface area contributed by atoms with E-state index in [9.17, 15) is 4.79 Å². The summed E-state index contributed by atoms with van der Waals surface area (Å²) in [5.74, 6) is 0.452. The van der Waals surface area contributed by atoms with Crippen LogP contribution in [0.2, 0.25) is 0 Å². The number of carbonyl (C=O) groups is 1. The predicted octanol–water partition coefficient (Wildman–Crippen LogP) is 4.24. The third-order valence-corrected chi connectivity index (χ3v) is 4.18. The summed E-state index contributed by atoms with van der Waals surface area (Å²) in [7, 11) is 0. The average Bonchev–Trinajstić information content (AvgIpc) is 2.29. The van der Waals surface area contributed by atoms with E-state index in [2.05, 4.69) is 45.9 Å². The summed E-state index contributed by atoms with van der Waals surface area (Å²) in [6.45, 7) is 10.3. The molecule has 0 radical (unpaired) electrons. The molecule has 0 saturated heterocycles. The third-order valence-electron chi connectivity index (χ3n) is 4.00. The highest BCUT2D eigenvalue weighted by molar-refractivity contribution is 6.32. The molecule has 104 valence electrons. The minimum atomic E-state index is -0.500. The molecule has 0 N–H and O–H groups in total. The van der Waals surface area contributed by atoms with Crippen molar-refractivity contribution in [3.63, 3.8) is 0 Å². The van der Waals surface area contributed by atoms with Gasteiger partial charge in [-0.05, 0) is 51.2 Å². The van der Waals surface area contributed by atoms with E-state index in [-0.39, 0.29) is 11.4 Å². The van der Waals surface area contributed by atoms with Gasteiger partial charge in [-0.2, -0.15) is 0 Å². The van der Waals surface area contributed by atoms with Gasteiger partial charge in [0.15, 0.2) is 0 Å².